The lowest BCUT2D eigenvalue weighted by Gasteiger charge is -2.24. The average molecular weight is 327 g/mol. The van der Waals surface area contributed by atoms with E-state index in [2.05, 4.69) is 25.7 Å². The Kier molecular flexibility index (Phi) is 3.62. The van der Waals surface area contributed by atoms with Gasteiger partial charge < -0.3 is 15.0 Å². The Morgan fingerprint density at radius 2 is 2.46 bits per heavy atom. The van der Waals surface area contributed by atoms with Crippen molar-refractivity contribution >= 4 is 5.91 Å². The van der Waals surface area contributed by atoms with Crippen molar-refractivity contribution in [2.24, 2.45) is 7.05 Å². The lowest BCUT2D eigenvalue weighted by atomic mass is 10.2. The summed E-state index contributed by atoms with van der Waals surface area (Å²) in [5, 5.41) is 15.5. The quantitative estimate of drug-likeness (QED) is 0.719. The number of hydrogen-bond donors (Lipinski definition) is 2. The zero-order valence-corrected chi connectivity index (χ0v) is 13.1. The molecule has 1 aliphatic rings. The van der Waals surface area contributed by atoms with Crippen molar-refractivity contribution in [1.29, 1.82) is 0 Å². The molecular formula is C15H17N7O2. The second-order valence-corrected chi connectivity index (χ2v) is 5.70. The molecule has 0 fully saturated rings. The molecule has 0 aliphatic carbocycles. The molecule has 0 bridgehead atoms. The highest BCUT2D eigenvalue weighted by Gasteiger charge is 2.25. The summed E-state index contributed by atoms with van der Waals surface area (Å²) >= 11 is 0. The van der Waals surface area contributed by atoms with Crippen LogP contribution in [0.2, 0.25) is 0 Å². The van der Waals surface area contributed by atoms with E-state index in [4.69, 9.17) is 4.74 Å². The minimum absolute atomic E-state index is 0.139. The molecule has 4 heterocycles. The summed E-state index contributed by atoms with van der Waals surface area (Å²) in [6.45, 7) is 1.37. The van der Waals surface area contributed by atoms with Gasteiger partial charge in [0.15, 0.2) is 0 Å². The second kappa shape index (κ2) is 5.93. The van der Waals surface area contributed by atoms with Crippen LogP contribution in [0, 0.1) is 0 Å². The number of aromatic amines is 1. The van der Waals surface area contributed by atoms with Crippen LogP contribution in [-0.2, 0) is 24.9 Å². The third-order valence-corrected chi connectivity index (χ3v) is 3.98. The van der Waals surface area contributed by atoms with Gasteiger partial charge in [0, 0.05) is 31.5 Å². The molecule has 124 valence electrons. The highest BCUT2D eigenvalue weighted by atomic mass is 16.5. The number of amides is 1. The zero-order valence-electron chi connectivity index (χ0n) is 13.1. The van der Waals surface area contributed by atoms with E-state index < -0.39 is 0 Å². The molecular weight excluding hydrogens is 310 g/mol. The topological polar surface area (TPSA) is 103 Å². The molecule has 1 aliphatic heterocycles. The highest BCUT2D eigenvalue weighted by Crippen LogP contribution is 2.24. The minimum Gasteiger partial charge on any atom is -0.368 e. The first-order valence-corrected chi connectivity index (χ1v) is 7.65. The summed E-state index contributed by atoms with van der Waals surface area (Å²) < 4.78 is 9.40. The fourth-order valence-electron chi connectivity index (χ4n) is 2.73. The van der Waals surface area contributed by atoms with Crippen LogP contribution in [-0.4, -0.2) is 48.3 Å². The minimum atomic E-state index is -0.149. The van der Waals surface area contributed by atoms with Crippen LogP contribution in [0.3, 0.4) is 0 Å². The Morgan fingerprint density at radius 1 is 1.54 bits per heavy atom. The van der Waals surface area contributed by atoms with E-state index in [1.807, 2.05) is 17.9 Å². The van der Waals surface area contributed by atoms with Crippen molar-refractivity contribution in [3.63, 3.8) is 0 Å². The molecule has 9 heteroatoms. The number of nitrogens with zero attached hydrogens (tertiary/aromatic N) is 5. The maximum Gasteiger partial charge on any atom is 0.267 e. The molecule has 3 aromatic heterocycles. The summed E-state index contributed by atoms with van der Waals surface area (Å²) in [7, 11) is 1.86. The number of hydrogen-bond acceptors (Lipinski definition) is 5. The SMILES string of the molecule is Cn1cc(-c2nnn3c2COC(CNC(=O)c2ccc[nH]2)C3)cn1. The van der Waals surface area contributed by atoms with Gasteiger partial charge in [-0.25, -0.2) is 4.68 Å². The number of carbonyl (C=O) groups excluding carboxylic acids is 1. The number of rotatable bonds is 4. The lowest BCUT2D eigenvalue weighted by molar-refractivity contribution is 0.00174. The van der Waals surface area contributed by atoms with Gasteiger partial charge in [-0.1, -0.05) is 5.21 Å². The van der Waals surface area contributed by atoms with E-state index in [1.54, 1.807) is 29.2 Å². The zero-order chi connectivity index (χ0) is 16.5. The van der Waals surface area contributed by atoms with Crippen LogP contribution < -0.4 is 5.32 Å². The fourth-order valence-corrected chi connectivity index (χ4v) is 2.73. The molecule has 0 spiro atoms. The lowest BCUT2D eigenvalue weighted by Crippen LogP contribution is -2.39. The van der Waals surface area contributed by atoms with Gasteiger partial charge in [0.05, 0.1) is 31.1 Å². The summed E-state index contributed by atoms with van der Waals surface area (Å²) in [5.41, 5.74) is 3.17. The molecule has 1 amide bonds. The Hall–Kier alpha value is -2.94. The van der Waals surface area contributed by atoms with E-state index in [1.165, 1.54) is 0 Å². The predicted molar refractivity (Wildman–Crippen MR) is 83.9 cm³/mol. The van der Waals surface area contributed by atoms with Gasteiger partial charge in [0.1, 0.15) is 11.4 Å². The third-order valence-electron chi connectivity index (χ3n) is 3.98. The first-order chi connectivity index (χ1) is 11.7. The molecule has 3 aromatic rings. The molecule has 0 saturated heterocycles. The number of carbonyl (C=O) groups is 1. The fraction of sp³-hybridized carbons (Fsp3) is 0.333. The first-order valence-electron chi connectivity index (χ1n) is 7.65. The van der Waals surface area contributed by atoms with E-state index in [-0.39, 0.29) is 12.0 Å². The van der Waals surface area contributed by atoms with E-state index in [9.17, 15) is 4.79 Å². The van der Waals surface area contributed by atoms with Crippen LogP contribution >= 0.6 is 0 Å². The first kappa shape index (κ1) is 14.6. The summed E-state index contributed by atoms with van der Waals surface area (Å²) in [4.78, 5) is 14.8. The van der Waals surface area contributed by atoms with Gasteiger partial charge in [0.2, 0.25) is 0 Å². The summed E-state index contributed by atoms with van der Waals surface area (Å²) in [6.07, 6.45) is 5.23. The maximum absolute atomic E-state index is 11.9. The summed E-state index contributed by atoms with van der Waals surface area (Å²) in [5.74, 6) is -0.149. The molecule has 0 radical (unpaired) electrons. The van der Waals surface area contributed by atoms with Crippen LogP contribution in [0.1, 0.15) is 16.2 Å². The van der Waals surface area contributed by atoms with Crippen molar-refractivity contribution in [2.75, 3.05) is 6.54 Å². The smallest absolute Gasteiger partial charge is 0.267 e. The maximum atomic E-state index is 11.9. The number of nitrogens with one attached hydrogen (secondary N) is 2. The van der Waals surface area contributed by atoms with Crippen LogP contribution in [0.5, 0.6) is 0 Å². The highest BCUT2D eigenvalue weighted by molar-refractivity contribution is 5.92. The Morgan fingerprint density at radius 3 is 3.21 bits per heavy atom. The summed E-state index contributed by atoms with van der Waals surface area (Å²) in [6, 6.07) is 3.51. The molecule has 24 heavy (non-hydrogen) atoms. The molecule has 0 saturated carbocycles. The van der Waals surface area contributed by atoms with Crippen LogP contribution in [0.4, 0.5) is 0 Å². The third kappa shape index (κ3) is 2.69. The van der Waals surface area contributed by atoms with Crippen molar-refractivity contribution in [2.45, 2.75) is 19.3 Å². The largest absolute Gasteiger partial charge is 0.368 e. The molecule has 0 aromatic carbocycles. The molecule has 1 atom stereocenters. The standard InChI is InChI=1S/C15H17N7O2/c1-21-7-10(5-18-21)14-13-9-24-11(8-22(13)20-19-14)6-17-15(23)12-3-2-4-16-12/h2-5,7,11,16H,6,8-9H2,1H3,(H,17,23). The number of aryl methyl sites for hydroxylation is 1. The van der Waals surface area contributed by atoms with Crippen molar-refractivity contribution < 1.29 is 9.53 Å². The molecule has 2 N–H and O–H groups in total. The van der Waals surface area contributed by atoms with E-state index >= 15 is 0 Å². The number of ether oxygens (including phenoxy) is 1. The average Bonchev–Trinajstić information content (AvgIpc) is 3.32. The number of H-pyrrole nitrogens is 1. The number of fused-ring (bicyclic) bond motifs is 1. The normalized spacial score (nSPS) is 16.8. The van der Waals surface area contributed by atoms with Gasteiger partial charge >= 0.3 is 0 Å². The monoisotopic (exact) mass is 327 g/mol. The predicted octanol–water partition coefficient (Wildman–Crippen LogP) is 0.335. The van der Waals surface area contributed by atoms with E-state index in [0.717, 1.165) is 17.0 Å². The second-order valence-electron chi connectivity index (χ2n) is 5.70. The van der Waals surface area contributed by atoms with Gasteiger partial charge in [-0.15, -0.1) is 5.10 Å². The number of aromatic nitrogens is 6. The Bertz CT molecular complexity index is 849. The molecule has 9 nitrogen and oxygen atoms in total. The van der Waals surface area contributed by atoms with Crippen molar-refractivity contribution in [3.05, 3.63) is 42.1 Å². The molecule has 4 rings (SSSR count). The van der Waals surface area contributed by atoms with Crippen molar-refractivity contribution in [1.82, 2.24) is 35.1 Å². The van der Waals surface area contributed by atoms with Crippen LogP contribution in [0.15, 0.2) is 30.7 Å². The Labute approximate surface area is 137 Å². The van der Waals surface area contributed by atoms with Gasteiger partial charge in [0.25, 0.3) is 5.91 Å². The van der Waals surface area contributed by atoms with Crippen LogP contribution in [0.25, 0.3) is 11.3 Å². The van der Waals surface area contributed by atoms with Crippen molar-refractivity contribution in [3.8, 4) is 11.3 Å². The Balaban J connectivity index is 1.41. The van der Waals surface area contributed by atoms with E-state index in [0.29, 0.717) is 25.4 Å². The van der Waals surface area contributed by atoms with Gasteiger partial charge in [-0.2, -0.15) is 5.10 Å². The van der Waals surface area contributed by atoms with Gasteiger partial charge in [-0.3, -0.25) is 9.48 Å². The van der Waals surface area contributed by atoms with Gasteiger partial charge in [-0.05, 0) is 12.1 Å². The molecule has 1 unspecified atom stereocenters.